The fourth-order valence-corrected chi connectivity index (χ4v) is 3.31. The molecule has 1 N–H and O–H groups in total. The smallest absolute Gasteiger partial charge is 0.410 e. The predicted octanol–water partition coefficient (Wildman–Crippen LogP) is 3.53. The number of nitrogens with one attached hydrogen (secondary N) is 1. The third-order valence-electron chi connectivity index (χ3n) is 4.61. The van der Waals surface area contributed by atoms with Crippen molar-refractivity contribution in [2.75, 3.05) is 13.1 Å². The van der Waals surface area contributed by atoms with Crippen molar-refractivity contribution in [1.29, 1.82) is 0 Å². The summed E-state index contributed by atoms with van der Waals surface area (Å²) < 4.78 is 5.45. The van der Waals surface area contributed by atoms with E-state index in [2.05, 4.69) is 35.6 Å². The van der Waals surface area contributed by atoms with Gasteiger partial charge in [0.1, 0.15) is 5.60 Å². The number of rotatable bonds is 3. The van der Waals surface area contributed by atoms with Crippen LogP contribution in [0.2, 0.25) is 0 Å². The monoisotopic (exact) mass is 316 g/mol. The van der Waals surface area contributed by atoms with Crippen molar-refractivity contribution in [2.45, 2.75) is 63.6 Å². The van der Waals surface area contributed by atoms with E-state index in [0.717, 1.165) is 25.9 Å². The van der Waals surface area contributed by atoms with Crippen LogP contribution in [0.3, 0.4) is 0 Å². The molecule has 0 aromatic heterocycles. The zero-order valence-electron chi connectivity index (χ0n) is 14.4. The normalized spacial score (nSPS) is 25.3. The van der Waals surface area contributed by atoms with Crippen LogP contribution in [0.4, 0.5) is 4.79 Å². The summed E-state index contributed by atoms with van der Waals surface area (Å²) in [5.41, 5.74) is 1.03. The van der Waals surface area contributed by atoms with Crippen molar-refractivity contribution < 1.29 is 9.53 Å². The summed E-state index contributed by atoms with van der Waals surface area (Å²) in [4.78, 5) is 13.9. The Morgan fingerprint density at radius 2 is 1.83 bits per heavy atom. The van der Waals surface area contributed by atoms with Gasteiger partial charge in [-0.3, -0.25) is 0 Å². The molecule has 3 rings (SSSR count). The van der Waals surface area contributed by atoms with Crippen molar-refractivity contribution >= 4 is 6.09 Å². The average Bonchev–Trinajstić information content (AvgIpc) is 3.26. The molecule has 1 aliphatic heterocycles. The molecule has 1 amide bonds. The molecule has 0 radical (unpaired) electrons. The standard InChI is InChI=1S/C19H28N2O2/c1-19(2,3)23-18(22)21-11-9-15(10-12-21)20-17-13-16(17)14-7-5-4-6-8-14/h4-8,15-17,20H,9-13H2,1-3H3/t16-,17+/m0/s1. The van der Waals surface area contributed by atoms with Gasteiger partial charge < -0.3 is 15.0 Å². The van der Waals surface area contributed by atoms with Crippen LogP contribution in [0.15, 0.2) is 30.3 Å². The number of benzene rings is 1. The predicted molar refractivity (Wildman–Crippen MR) is 91.6 cm³/mol. The minimum atomic E-state index is -0.414. The largest absolute Gasteiger partial charge is 0.444 e. The van der Waals surface area contributed by atoms with Gasteiger partial charge in [0, 0.05) is 31.1 Å². The van der Waals surface area contributed by atoms with Gasteiger partial charge in [-0.25, -0.2) is 4.79 Å². The van der Waals surface area contributed by atoms with Crippen LogP contribution in [-0.4, -0.2) is 41.8 Å². The van der Waals surface area contributed by atoms with Crippen LogP contribution in [0, 0.1) is 0 Å². The highest BCUT2D eigenvalue weighted by molar-refractivity contribution is 5.68. The first-order valence-corrected chi connectivity index (χ1v) is 8.71. The molecule has 1 aromatic rings. The SMILES string of the molecule is CC(C)(C)OC(=O)N1CCC(N[C@@H]2C[C@H]2c2ccccc2)CC1. The Morgan fingerprint density at radius 1 is 1.17 bits per heavy atom. The highest BCUT2D eigenvalue weighted by atomic mass is 16.6. The van der Waals surface area contributed by atoms with Gasteiger partial charge in [0.2, 0.25) is 0 Å². The zero-order chi connectivity index (χ0) is 16.4. The molecule has 0 bridgehead atoms. The number of amides is 1. The lowest BCUT2D eigenvalue weighted by Gasteiger charge is -2.34. The summed E-state index contributed by atoms with van der Waals surface area (Å²) in [5, 5.41) is 3.77. The summed E-state index contributed by atoms with van der Waals surface area (Å²) in [6, 6.07) is 11.9. The molecular formula is C19H28N2O2. The van der Waals surface area contributed by atoms with Crippen molar-refractivity contribution in [2.24, 2.45) is 0 Å². The van der Waals surface area contributed by atoms with Gasteiger partial charge in [-0.05, 0) is 45.6 Å². The van der Waals surface area contributed by atoms with Gasteiger partial charge in [0.05, 0.1) is 0 Å². The van der Waals surface area contributed by atoms with E-state index in [4.69, 9.17) is 4.74 Å². The lowest BCUT2D eigenvalue weighted by Crippen LogP contribution is -2.47. The summed E-state index contributed by atoms with van der Waals surface area (Å²) in [5.74, 6) is 0.667. The Labute approximate surface area is 139 Å². The van der Waals surface area contributed by atoms with E-state index in [0.29, 0.717) is 18.0 Å². The van der Waals surface area contributed by atoms with E-state index in [1.54, 1.807) is 0 Å². The molecule has 0 unspecified atom stereocenters. The maximum atomic E-state index is 12.1. The van der Waals surface area contributed by atoms with Crippen molar-refractivity contribution in [3.63, 3.8) is 0 Å². The number of nitrogens with zero attached hydrogens (tertiary/aromatic N) is 1. The molecule has 4 nitrogen and oxygen atoms in total. The molecule has 1 heterocycles. The highest BCUT2D eigenvalue weighted by Crippen LogP contribution is 2.41. The van der Waals surface area contributed by atoms with E-state index in [9.17, 15) is 4.79 Å². The number of carbonyl (C=O) groups excluding carboxylic acids is 1. The Hall–Kier alpha value is -1.55. The molecule has 2 fully saturated rings. The maximum absolute atomic E-state index is 12.1. The number of hydrogen-bond acceptors (Lipinski definition) is 3. The Morgan fingerprint density at radius 3 is 2.43 bits per heavy atom. The lowest BCUT2D eigenvalue weighted by atomic mass is 10.0. The van der Waals surface area contributed by atoms with Crippen LogP contribution in [-0.2, 0) is 4.74 Å². The molecule has 1 aliphatic carbocycles. The minimum Gasteiger partial charge on any atom is -0.444 e. The molecule has 1 saturated carbocycles. The second kappa shape index (κ2) is 6.52. The molecule has 1 aromatic carbocycles. The molecule has 2 atom stereocenters. The molecular weight excluding hydrogens is 288 g/mol. The van der Waals surface area contributed by atoms with Gasteiger partial charge in [-0.15, -0.1) is 0 Å². The van der Waals surface area contributed by atoms with E-state index in [1.807, 2.05) is 25.7 Å². The summed E-state index contributed by atoms with van der Waals surface area (Å²) in [6.07, 6.45) is 3.08. The van der Waals surface area contributed by atoms with Crippen molar-refractivity contribution in [3.8, 4) is 0 Å². The topological polar surface area (TPSA) is 41.6 Å². The average molecular weight is 316 g/mol. The van der Waals surface area contributed by atoms with Gasteiger partial charge in [-0.2, -0.15) is 0 Å². The number of ether oxygens (including phenoxy) is 1. The van der Waals surface area contributed by atoms with E-state index < -0.39 is 5.60 Å². The zero-order valence-corrected chi connectivity index (χ0v) is 14.4. The van der Waals surface area contributed by atoms with Crippen LogP contribution in [0.1, 0.15) is 51.5 Å². The number of hydrogen-bond donors (Lipinski definition) is 1. The first-order valence-electron chi connectivity index (χ1n) is 8.71. The second-order valence-electron chi connectivity index (χ2n) is 7.77. The fourth-order valence-electron chi connectivity index (χ4n) is 3.31. The Bertz CT molecular complexity index is 530. The molecule has 23 heavy (non-hydrogen) atoms. The first kappa shape index (κ1) is 16.3. The lowest BCUT2D eigenvalue weighted by molar-refractivity contribution is 0.0198. The second-order valence-corrected chi connectivity index (χ2v) is 7.77. The Balaban J connectivity index is 1.41. The van der Waals surface area contributed by atoms with Crippen molar-refractivity contribution in [1.82, 2.24) is 10.2 Å². The summed E-state index contributed by atoms with van der Waals surface area (Å²) in [6.45, 7) is 7.31. The molecule has 126 valence electrons. The van der Waals surface area contributed by atoms with Crippen LogP contribution in [0.5, 0.6) is 0 Å². The molecule has 4 heteroatoms. The van der Waals surface area contributed by atoms with E-state index >= 15 is 0 Å². The van der Waals surface area contributed by atoms with Gasteiger partial charge >= 0.3 is 6.09 Å². The summed E-state index contributed by atoms with van der Waals surface area (Å²) in [7, 11) is 0. The van der Waals surface area contributed by atoms with Gasteiger partial charge in [0.25, 0.3) is 0 Å². The van der Waals surface area contributed by atoms with Crippen molar-refractivity contribution in [3.05, 3.63) is 35.9 Å². The molecule has 0 spiro atoms. The minimum absolute atomic E-state index is 0.176. The highest BCUT2D eigenvalue weighted by Gasteiger charge is 2.40. The quantitative estimate of drug-likeness (QED) is 0.927. The first-order chi connectivity index (χ1) is 10.9. The fraction of sp³-hybridized carbons (Fsp3) is 0.632. The molecule has 2 aliphatic rings. The summed E-state index contributed by atoms with van der Waals surface area (Å²) >= 11 is 0. The van der Waals surface area contributed by atoms with Gasteiger partial charge in [-0.1, -0.05) is 30.3 Å². The van der Waals surface area contributed by atoms with E-state index in [1.165, 1.54) is 12.0 Å². The Kier molecular flexibility index (Phi) is 4.62. The van der Waals surface area contributed by atoms with E-state index in [-0.39, 0.29) is 6.09 Å². The number of likely N-dealkylation sites (tertiary alicyclic amines) is 1. The number of piperidine rings is 1. The maximum Gasteiger partial charge on any atom is 0.410 e. The molecule has 1 saturated heterocycles. The van der Waals surface area contributed by atoms with Crippen LogP contribution >= 0.6 is 0 Å². The third kappa shape index (κ3) is 4.47. The number of carbonyl (C=O) groups is 1. The van der Waals surface area contributed by atoms with Crippen LogP contribution < -0.4 is 5.32 Å². The van der Waals surface area contributed by atoms with Gasteiger partial charge in [0.15, 0.2) is 0 Å². The third-order valence-corrected chi connectivity index (χ3v) is 4.61. The van der Waals surface area contributed by atoms with Crippen LogP contribution in [0.25, 0.3) is 0 Å².